The van der Waals surface area contributed by atoms with Crippen LogP contribution in [0.4, 0.5) is 0 Å². The van der Waals surface area contributed by atoms with Gasteiger partial charge in [-0.3, -0.25) is 14.6 Å². The number of fused-ring (bicyclic) bond motifs is 1. The maximum Gasteiger partial charge on any atom is 0.312 e. The summed E-state index contributed by atoms with van der Waals surface area (Å²) < 4.78 is 11.3. The van der Waals surface area contributed by atoms with Gasteiger partial charge >= 0.3 is 5.97 Å². The van der Waals surface area contributed by atoms with Crippen LogP contribution >= 0.6 is 0 Å². The maximum absolute atomic E-state index is 13.0. The van der Waals surface area contributed by atoms with Crippen LogP contribution in [0.25, 0.3) is 0 Å². The summed E-state index contributed by atoms with van der Waals surface area (Å²) in [5.74, 6) is -0.485. The number of hydrogen-bond donors (Lipinski definition) is 1. The number of phenolic OH excluding ortho intramolecular Hbond substituents is 1. The van der Waals surface area contributed by atoms with Gasteiger partial charge in [0.15, 0.2) is 5.78 Å². The summed E-state index contributed by atoms with van der Waals surface area (Å²) in [5, 5.41) is 11.2. The largest absolute Gasteiger partial charge is 0.507 e. The molecule has 1 N–H and O–H groups in total. The molecule has 6 heteroatoms. The van der Waals surface area contributed by atoms with Gasteiger partial charge in [-0.2, -0.15) is 0 Å². The van der Waals surface area contributed by atoms with Crippen molar-refractivity contribution in [2.45, 2.75) is 18.9 Å². The first-order chi connectivity index (χ1) is 16.6. The molecule has 2 heterocycles. The van der Waals surface area contributed by atoms with Gasteiger partial charge in [-0.15, -0.1) is 0 Å². The van der Waals surface area contributed by atoms with Crippen LogP contribution in [-0.4, -0.2) is 21.8 Å². The minimum absolute atomic E-state index is 0.0373. The molecule has 1 aliphatic heterocycles. The summed E-state index contributed by atoms with van der Waals surface area (Å²) in [5.41, 5.74) is 2.76. The predicted molar refractivity (Wildman–Crippen MR) is 125 cm³/mol. The van der Waals surface area contributed by atoms with Crippen molar-refractivity contribution < 1.29 is 24.2 Å². The molecule has 0 fully saturated rings. The number of hydrogen-bond acceptors (Lipinski definition) is 6. The van der Waals surface area contributed by atoms with E-state index in [-0.39, 0.29) is 29.3 Å². The van der Waals surface area contributed by atoms with Crippen LogP contribution in [-0.2, 0) is 11.4 Å². The number of aromatic hydroxyl groups is 1. The molecule has 1 atom stereocenters. The molecule has 3 aromatic carbocycles. The van der Waals surface area contributed by atoms with Crippen molar-refractivity contribution in [2.75, 3.05) is 0 Å². The number of rotatable bonds is 6. The minimum atomic E-state index is -0.485. The first-order valence-electron chi connectivity index (χ1n) is 10.9. The van der Waals surface area contributed by atoms with Crippen molar-refractivity contribution in [1.82, 2.24) is 4.98 Å². The van der Waals surface area contributed by atoms with Crippen molar-refractivity contribution in [3.05, 3.63) is 119 Å². The molecule has 1 aliphatic rings. The second kappa shape index (κ2) is 9.19. The average molecular weight is 451 g/mol. The fraction of sp³-hybridized carbons (Fsp3) is 0.107. The lowest BCUT2D eigenvalue weighted by Gasteiger charge is -2.27. The van der Waals surface area contributed by atoms with Crippen molar-refractivity contribution >= 4 is 11.8 Å². The summed E-state index contributed by atoms with van der Waals surface area (Å²) >= 11 is 0. The molecule has 0 saturated heterocycles. The molecule has 0 radical (unpaired) electrons. The van der Waals surface area contributed by atoms with Gasteiger partial charge in [0.25, 0.3) is 0 Å². The number of phenols is 1. The minimum Gasteiger partial charge on any atom is -0.507 e. The van der Waals surface area contributed by atoms with E-state index in [9.17, 15) is 14.7 Å². The van der Waals surface area contributed by atoms with Gasteiger partial charge in [0.2, 0.25) is 0 Å². The highest BCUT2D eigenvalue weighted by molar-refractivity contribution is 6.11. The number of ketones is 1. The molecule has 0 saturated carbocycles. The number of esters is 1. The molecule has 0 aliphatic carbocycles. The number of carbonyl (C=O) groups is 2. The Bertz CT molecular complexity index is 1350. The Labute approximate surface area is 196 Å². The quantitative estimate of drug-likeness (QED) is 0.251. The molecule has 1 aromatic heterocycles. The maximum atomic E-state index is 13.0. The summed E-state index contributed by atoms with van der Waals surface area (Å²) in [6.45, 7) is 0.349. The van der Waals surface area contributed by atoms with Crippen LogP contribution in [0.1, 0.15) is 45.0 Å². The summed E-state index contributed by atoms with van der Waals surface area (Å²) in [4.78, 5) is 29.5. The monoisotopic (exact) mass is 451 g/mol. The molecule has 168 valence electrons. The number of ether oxygens (including phenoxy) is 2. The second-order valence-corrected chi connectivity index (χ2v) is 8.02. The van der Waals surface area contributed by atoms with Gasteiger partial charge in [0.05, 0.1) is 12.0 Å². The van der Waals surface area contributed by atoms with Crippen LogP contribution in [0.5, 0.6) is 17.2 Å². The molecule has 34 heavy (non-hydrogen) atoms. The molecule has 0 spiro atoms. The van der Waals surface area contributed by atoms with E-state index >= 15 is 0 Å². The van der Waals surface area contributed by atoms with E-state index in [1.54, 1.807) is 42.7 Å². The van der Waals surface area contributed by atoms with Gasteiger partial charge < -0.3 is 14.6 Å². The topological polar surface area (TPSA) is 85.7 Å². The van der Waals surface area contributed by atoms with Gasteiger partial charge in [0.1, 0.15) is 23.9 Å². The molecule has 5 rings (SSSR count). The molecular formula is C28H21NO5. The Balaban J connectivity index is 1.49. The highest BCUT2D eigenvalue weighted by Crippen LogP contribution is 2.46. The van der Waals surface area contributed by atoms with E-state index in [2.05, 4.69) is 4.98 Å². The highest BCUT2D eigenvalue weighted by atomic mass is 16.5. The van der Waals surface area contributed by atoms with E-state index in [4.69, 9.17) is 9.47 Å². The summed E-state index contributed by atoms with van der Waals surface area (Å²) in [6, 6.07) is 23.0. The van der Waals surface area contributed by atoms with Gasteiger partial charge in [-0.1, -0.05) is 48.5 Å². The van der Waals surface area contributed by atoms with Crippen LogP contribution in [0.2, 0.25) is 0 Å². The molecule has 0 bridgehead atoms. The fourth-order valence-electron chi connectivity index (χ4n) is 4.13. The third kappa shape index (κ3) is 4.26. The zero-order valence-electron chi connectivity index (χ0n) is 18.2. The SMILES string of the molecule is O=C1C[C@@H](c2cccc(OCc3cccnc3)c2)c2c(ccc(C(=O)c3ccccc3)c2O)O1. The standard InChI is InChI=1S/C28H21NO5/c30-25-15-23(20-9-4-10-21(14-20)33-17-18-6-5-13-29-16-18)26-24(34-25)12-11-22(28(26)32)27(31)19-7-2-1-3-8-19/h1-14,16,23,32H,15,17H2/t23-/m0/s1. The fourth-order valence-corrected chi connectivity index (χ4v) is 4.13. The molecule has 6 nitrogen and oxygen atoms in total. The average Bonchev–Trinajstić information content (AvgIpc) is 2.88. The van der Waals surface area contributed by atoms with E-state index in [1.165, 1.54) is 6.07 Å². The first kappa shape index (κ1) is 21.4. The lowest BCUT2D eigenvalue weighted by atomic mass is 9.84. The number of nitrogens with zero attached hydrogens (tertiary/aromatic N) is 1. The molecule has 4 aromatic rings. The smallest absolute Gasteiger partial charge is 0.312 e. The Morgan fingerprint density at radius 3 is 2.68 bits per heavy atom. The second-order valence-electron chi connectivity index (χ2n) is 8.02. The van der Waals surface area contributed by atoms with Gasteiger partial charge in [-0.05, 0) is 35.9 Å². The van der Waals surface area contributed by atoms with Crippen LogP contribution in [0.3, 0.4) is 0 Å². The van der Waals surface area contributed by atoms with Crippen LogP contribution in [0, 0.1) is 0 Å². The van der Waals surface area contributed by atoms with Gasteiger partial charge in [-0.25, -0.2) is 0 Å². The number of pyridine rings is 1. The lowest BCUT2D eigenvalue weighted by molar-refractivity contribution is -0.135. The third-order valence-electron chi connectivity index (χ3n) is 5.79. The Morgan fingerprint density at radius 2 is 1.88 bits per heavy atom. The van der Waals surface area contributed by atoms with Gasteiger partial charge in [0, 0.05) is 35.0 Å². The summed E-state index contributed by atoms with van der Waals surface area (Å²) in [6.07, 6.45) is 3.48. The Hall–Kier alpha value is -4.45. The van der Waals surface area contributed by atoms with E-state index < -0.39 is 11.9 Å². The Kier molecular flexibility index (Phi) is 5.79. The van der Waals surface area contributed by atoms with Crippen LogP contribution in [0.15, 0.2) is 91.3 Å². The van der Waals surface area contributed by atoms with Crippen molar-refractivity contribution in [1.29, 1.82) is 0 Å². The predicted octanol–water partition coefficient (Wildman–Crippen LogP) is 5.04. The lowest BCUT2D eigenvalue weighted by Crippen LogP contribution is -2.22. The normalized spacial score (nSPS) is 14.7. The number of aromatic nitrogens is 1. The van der Waals surface area contributed by atoms with E-state index in [1.807, 2.05) is 42.5 Å². The first-order valence-corrected chi connectivity index (χ1v) is 10.9. The van der Waals surface area contributed by atoms with Crippen molar-refractivity contribution in [3.8, 4) is 17.2 Å². The van der Waals surface area contributed by atoms with Crippen molar-refractivity contribution in [2.24, 2.45) is 0 Å². The number of carbonyl (C=O) groups excluding carboxylic acids is 2. The van der Waals surface area contributed by atoms with Crippen molar-refractivity contribution in [3.63, 3.8) is 0 Å². The molecular weight excluding hydrogens is 430 g/mol. The zero-order valence-corrected chi connectivity index (χ0v) is 18.2. The highest BCUT2D eigenvalue weighted by Gasteiger charge is 2.33. The third-order valence-corrected chi connectivity index (χ3v) is 5.79. The molecule has 0 unspecified atom stereocenters. The van der Waals surface area contributed by atoms with Crippen LogP contribution < -0.4 is 9.47 Å². The molecule has 0 amide bonds. The zero-order chi connectivity index (χ0) is 23.5. The summed E-state index contributed by atoms with van der Waals surface area (Å²) in [7, 11) is 0. The van der Waals surface area contributed by atoms with E-state index in [0.29, 0.717) is 23.5 Å². The number of benzene rings is 3. The van der Waals surface area contributed by atoms with E-state index in [0.717, 1.165) is 11.1 Å². The Morgan fingerprint density at radius 1 is 1.03 bits per heavy atom.